The van der Waals surface area contributed by atoms with Gasteiger partial charge in [-0.3, -0.25) is 0 Å². The molecule has 2 aromatic rings. The van der Waals surface area contributed by atoms with Crippen molar-refractivity contribution >= 4 is 19.9 Å². The first-order valence-corrected chi connectivity index (χ1v) is 10.8. The molecule has 0 amide bonds. The summed E-state index contributed by atoms with van der Waals surface area (Å²) in [7, 11) is -7.21. The van der Waals surface area contributed by atoms with Gasteiger partial charge in [0.15, 0.2) is 9.84 Å². The van der Waals surface area contributed by atoms with Crippen LogP contribution in [-0.4, -0.2) is 39.5 Å². The second kappa shape index (κ2) is 6.86. The van der Waals surface area contributed by atoms with Crippen LogP contribution < -0.4 is 0 Å². The van der Waals surface area contributed by atoms with E-state index in [1.807, 2.05) is 0 Å². The molecule has 0 radical (unpaired) electrons. The second-order valence-electron chi connectivity index (χ2n) is 5.92. The summed E-state index contributed by atoms with van der Waals surface area (Å²) < 4.78 is 64.8. The summed E-state index contributed by atoms with van der Waals surface area (Å²) in [6.07, 6.45) is 0.428. The molecule has 25 heavy (non-hydrogen) atoms. The predicted molar refractivity (Wildman–Crippen MR) is 91.8 cm³/mol. The number of hydrogen-bond acceptors (Lipinski definition) is 4. The molecule has 0 saturated carbocycles. The average molecular weight is 383 g/mol. The molecule has 134 valence electrons. The molecule has 0 N–H and O–H groups in total. The van der Waals surface area contributed by atoms with E-state index in [1.54, 1.807) is 18.2 Å². The zero-order valence-corrected chi connectivity index (χ0v) is 15.0. The van der Waals surface area contributed by atoms with Crippen molar-refractivity contribution in [3.05, 3.63) is 60.4 Å². The molecule has 0 aliphatic carbocycles. The van der Waals surface area contributed by atoms with Gasteiger partial charge in [-0.15, -0.1) is 0 Å². The van der Waals surface area contributed by atoms with Crippen molar-refractivity contribution in [3.63, 3.8) is 0 Å². The lowest BCUT2D eigenvalue weighted by Gasteiger charge is -2.31. The van der Waals surface area contributed by atoms with E-state index in [4.69, 9.17) is 0 Å². The highest BCUT2D eigenvalue weighted by Crippen LogP contribution is 2.27. The van der Waals surface area contributed by atoms with E-state index in [-0.39, 0.29) is 35.7 Å². The van der Waals surface area contributed by atoms with Gasteiger partial charge in [0.1, 0.15) is 5.82 Å². The quantitative estimate of drug-likeness (QED) is 0.761. The summed E-state index contributed by atoms with van der Waals surface area (Å²) in [5, 5.41) is -0.666. The van der Waals surface area contributed by atoms with Gasteiger partial charge in [0.05, 0.1) is 15.0 Å². The Balaban J connectivity index is 1.75. The van der Waals surface area contributed by atoms with Crippen LogP contribution in [0.15, 0.2) is 64.4 Å². The van der Waals surface area contributed by atoms with Crippen LogP contribution in [-0.2, 0) is 19.9 Å². The fourth-order valence-electron chi connectivity index (χ4n) is 2.94. The minimum Gasteiger partial charge on any atom is -0.223 e. The van der Waals surface area contributed by atoms with E-state index < -0.39 is 30.9 Å². The minimum absolute atomic E-state index is 0.0678. The fraction of sp³-hybridized carbons (Fsp3) is 0.294. The van der Waals surface area contributed by atoms with E-state index in [2.05, 4.69) is 0 Å². The number of benzene rings is 2. The Morgan fingerprint density at radius 1 is 0.800 bits per heavy atom. The summed E-state index contributed by atoms with van der Waals surface area (Å²) in [5.41, 5.74) is 0. The van der Waals surface area contributed by atoms with Crippen LogP contribution in [0.5, 0.6) is 0 Å². The van der Waals surface area contributed by atoms with Gasteiger partial charge in [0.25, 0.3) is 0 Å². The van der Waals surface area contributed by atoms with Crippen LogP contribution in [0.1, 0.15) is 12.8 Å². The van der Waals surface area contributed by atoms with E-state index in [9.17, 15) is 21.2 Å². The van der Waals surface area contributed by atoms with Crippen LogP contribution in [0.3, 0.4) is 0 Å². The first kappa shape index (κ1) is 18.0. The number of hydrogen-bond donors (Lipinski definition) is 0. The van der Waals surface area contributed by atoms with Crippen LogP contribution in [0.25, 0.3) is 0 Å². The molecule has 1 aliphatic heterocycles. The number of sulfonamides is 1. The van der Waals surface area contributed by atoms with Gasteiger partial charge in [0.2, 0.25) is 10.0 Å². The van der Waals surface area contributed by atoms with E-state index in [0.717, 1.165) is 12.1 Å². The summed E-state index contributed by atoms with van der Waals surface area (Å²) in [4.78, 5) is 0.271. The minimum atomic E-state index is -3.61. The number of piperidine rings is 1. The van der Waals surface area contributed by atoms with E-state index in [0.29, 0.717) is 0 Å². The first-order chi connectivity index (χ1) is 11.8. The topological polar surface area (TPSA) is 71.5 Å². The number of rotatable bonds is 4. The Labute approximate surface area is 147 Å². The van der Waals surface area contributed by atoms with Crippen LogP contribution in [0, 0.1) is 5.82 Å². The Morgan fingerprint density at radius 3 is 1.92 bits per heavy atom. The summed E-state index contributed by atoms with van der Waals surface area (Å²) in [6.45, 7) is 0.282. The van der Waals surface area contributed by atoms with Gasteiger partial charge < -0.3 is 0 Å². The Hall–Kier alpha value is -1.77. The third-order valence-electron chi connectivity index (χ3n) is 4.36. The zero-order valence-electron chi connectivity index (χ0n) is 13.4. The molecule has 0 unspecified atom stereocenters. The summed E-state index contributed by atoms with van der Waals surface area (Å²) in [6, 6.07) is 12.8. The van der Waals surface area contributed by atoms with Crippen molar-refractivity contribution in [2.45, 2.75) is 27.9 Å². The highest BCUT2D eigenvalue weighted by molar-refractivity contribution is 7.92. The molecular formula is C17H18FNO4S2. The molecule has 0 aromatic heterocycles. The van der Waals surface area contributed by atoms with Crippen molar-refractivity contribution in [1.29, 1.82) is 0 Å². The number of nitrogens with zero attached hydrogens (tertiary/aromatic N) is 1. The molecule has 0 spiro atoms. The largest absolute Gasteiger partial charge is 0.243 e. The molecule has 1 heterocycles. The lowest BCUT2D eigenvalue weighted by Crippen LogP contribution is -2.42. The van der Waals surface area contributed by atoms with Gasteiger partial charge in [-0.25, -0.2) is 21.2 Å². The SMILES string of the molecule is O=S(=O)(c1ccc(F)cc1)C1CCN(S(=O)(=O)c2ccccc2)CC1. The maximum absolute atomic E-state index is 13.0. The molecular weight excluding hydrogens is 365 g/mol. The van der Waals surface area contributed by atoms with Gasteiger partial charge in [0, 0.05) is 13.1 Å². The first-order valence-electron chi connectivity index (χ1n) is 7.86. The highest BCUT2D eigenvalue weighted by Gasteiger charge is 2.35. The maximum Gasteiger partial charge on any atom is 0.243 e. The van der Waals surface area contributed by atoms with Crippen LogP contribution >= 0.6 is 0 Å². The van der Waals surface area contributed by atoms with E-state index >= 15 is 0 Å². The summed E-state index contributed by atoms with van der Waals surface area (Å²) >= 11 is 0. The Bertz CT molecular complexity index is 934. The number of halogens is 1. The van der Waals surface area contributed by atoms with Crippen LogP contribution in [0.4, 0.5) is 4.39 Å². The maximum atomic E-state index is 13.0. The molecule has 2 aromatic carbocycles. The van der Waals surface area contributed by atoms with Crippen LogP contribution in [0.2, 0.25) is 0 Å². The van der Waals surface area contributed by atoms with Gasteiger partial charge in [-0.2, -0.15) is 4.31 Å². The lowest BCUT2D eigenvalue weighted by molar-refractivity contribution is 0.345. The lowest BCUT2D eigenvalue weighted by atomic mass is 10.2. The third-order valence-corrected chi connectivity index (χ3v) is 8.55. The molecule has 0 atom stereocenters. The molecule has 0 bridgehead atoms. The molecule has 3 rings (SSSR count). The smallest absolute Gasteiger partial charge is 0.223 e. The van der Waals surface area contributed by atoms with Crippen molar-refractivity contribution < 1.29 is 21.2 Å². The number of sulfone groups is 1. The van der Waals surface area contributed by atoms with Gasteiger partial charge in [-0.1, -0.05) is 18.2 Å². The molecule has 8 heteroatoms. The van der Waals surface area contributed by atoms with Crippen molar-refractivity contribution in [3.8, 4) is 0 Å². The standard InChI is InChI=1S/C17H18FNO4S2/c18-14-6-8-15(9-7-14)24(20,21)16-10-12-19(13-11-16)25(22,23)17-4-2-1-3-5-17/h1-9,16H,10-13H2. The predicted octanol–water partition coefficient (Wildman–Crippen LogP) is 2.45. The highest BCUT2D eigenvalue weighted by atomic mass is 32.2. The van der Waals surface area contributed by atoms with Gasteiger partial charge >= 0.3 is 0 Å². The Kier molecular flexibility index (Phi) is 4.95. The monoisotopic (exact) mass is 383 g/mol. The van der Waals surface area contributed by atoms with Gasteiger partial charge in [-0.05, 0) is 49.2 Å². The Morgan fingerprint density at radius 2 is 1.36 bits per heavy atom. The van der Waals surface area contributed by atoms with E-state index in [1.165, 1.54) is 28.6 Å². The normalized spacial score (nSPS) is 17.5. The van der Waals surface area contributed by atoms with Crippen molar-refractivity contribution in [1.82, 2.24) is 4.31 Å². The third kappa shape index (κ3) is 3.61. The summed E-state index contributed by atoms with van der Waals surface area (Å²) in [5.74, 6) is -0.497. The van der Waals surface area contributed by atoms with Crippen molar-refractivity contribution in [2.24, 2.45) is 0 Å². The molecule has 1 saturated heterocycles. The fourth-order valence-corrected chi connectivity index (χ4v) is 6.16. The van der Waals surface area contributed by atoms with Crippen molar-refractivity contribution in [2.75, 3.05) is 13.1 Å². The second-order valence-corrected chi connectivity index (χ2v) is 10.1. The molecule has 1 fully saturated rings. The average Bonchev–Trinajstić information content (AvgIpc) is 2.63. The molecule has 5 nitrogen and oxygen atoms in total. The zero-order chi connectivity index (χ0) is 18.1. The molecule has 1 aliphatic rings.